The lowest BCUT2D eigenvalue weighted by Crippen LogP contribution is -2.00. The summed E-state index contributed by atoms with van der Waals surface area (Å²) in [5.41, 5.74) is 3.62. The van der Waals surface area contributed by atoms with Crippen molar-refractivity contribution in [1.82, 2.24) is 10.2 Å². The molecule has 0 saturated carbocycles. The Morgan fingerprint density at radius 1 is 1.14 bits per heavy atom. The molecule has 0 radical (unpaired) electrons. The van der Waals surface area contributed by atoms with Crippen LogP contribution >= 0.6 is 0 Å². The molecule has 5 heteroatoms. The van der Waals surface area contributed by atoms with Gasteiger partial charge >= 0.3 is 0 Å². The summed E-state index contributed by atoms with van der Waals surface area (Å²) in [5, 5.41) is 21.5. The summed E-state index contributed by atoms with van der Waals surface area (Å²) in [7, 11) is 1.66. The van der Waals surface area contributed by atoms with Crippen LogP contribution in [0.1, 0.15) is 11.3 Å². The molecule has 22 heavy (non-hydrogen) atoms. The van der Waals surface area contributed by atoms with Gasteiger partial charge in [-0.3, -0.25) is 0 Å². The van der Waals surface area contributed by atoms with Crippen LogP contribution in [0.25, 0.3) is 10.9 Å². The maximum atomic E-state index is 9.28. The largest absolute Gasteiger partial charge is 0.380 e. The molecular weight excluding hydrogens is 276 g/mol. The summed E-state index contributed by atoms with van der Waals surface area (Å²) in [6.45, 7) is 0.538. The van der Waals surface area contributed by atoms with Crippen LogP contribution in [-0.2, 0) is 11.3 Å². The number of hydrogen-bond acceptors (Lipinski definition) is 5. The number of nitrogens with one attached hydrogen (secondary N) is 1. The van der Waals surface area contributed by atoms with Crippen LogP contribution in [0.15, 0.2) is 48.5 Å². The van der Waals surface area contributed by atoms with Crippen molar-refractivity contribution < 1.29 is 4.74 Å². The quantitative estimate of drug-likeness (QED) is 0.797. The highest BCUT2D eigenvalue weighted by Crippen LogP contribution is 2.27. The predicted molar refractivity (Wildman–Crippen MR) is 84.7 cm³/mol. The van der Waals surface area contributed by atoms with Crippen LogP contribution in [0, 0.1) is 11.3 Å². The van der Waals surface area contributed by atoms with Crippen LogP contribution < -0.4 is 5.32 Å². The summed E-state index contributed by atoms with van der Waals surface area (Å²) in [4.78, 5) is 0. The molecule has 3 rings (SSSR count). The van der Waals surface area contributed by atoms with Crippen molar-refractivity contribution in [2.24, 2.45) is 0 Å². The van der Waals surface area contributed by atoms with Gasteiger partial charge in [-0.2, -0.15) is 5.26 Å². The van der Waals surface area contributed by atoms with Gasteiger partial charge < -0.3 is 10.1 Å². The Morgan fingerprint density at radius 2 is 2.00 bits per heavy atom. The van der Waals surface area contributed by atoms with Crippen molar-refractivity contribution in [2.75, 3.05) is 12.4 Å². The SMILES string of the molecule is COCc1cccc(Nc2c(C#N)nnc3ccccc23)c1. The van der Waals surface area contributed by atoms with E-state index in [1.165, 1.54) is 0 Å². The number of benzene rings is 2. The molecule has 0 fully saturated rings. The lowest BCUT2D eigenvalue weighted by atomic mass is 10.1. The molecule has 0 aliphatic rings. The van der Waals surface area contributed by atoms with E-state index < -0.39 is 0 Å². The molecule has 0 atom stereocenters. The fourth-order valence-corrected chi connectivity index (χ4v) is 2.31. The first-order valence-corrected chi connectivity index (χ1v) is 6.82. The van der Waals surface area contributed by atoms with Gasteiger partial charge in [0.15, 0.2) is 5.69 Å². The second-order valence-corrected chi connectivity index (χ2v) is 4.81. The van der Waals surface area contributed by atoms with Crippen molar-refractivity contribution in [3.63, 3.8) is 0 Å². The fourth-order valence-electron chi connectivity index (χ4n) is 2.31. The molecular formula is C17H14N4O. The molecule has 1 heterocycles. The minimum atomic E-state index is 0.274. The van der Waals surface area contributed by atoms with Gasteiger partial charge in [-0.15, -0.1) is 10.2 Å². The van der Waals surface area contributed by atoms with Gasteiger partial charge in [0.1, 0.15) is 6.07 Å². The van der Waals surface area contributed by atoms with E-state index in [0.29, 0.717) is 12.3 Å². The number of hydrogen-bond donors (Lipinski definition) is 1. The van der Waals surface area contributed by atoms with Crippen molar-refractivity contribution in [3.05, 3.63) is 59.8 Å². The van der Waals surface area contributed by atoms with Gasteiger partial charge in [0, 0.05) is 18.2 Å². The summed E-state index contributed by atoms with van der Waals surface area (Å²) >= 11 is 0. The van der Waals surface area contributed by atoms with Crippen LogP contribution in [0.3, 0.4) is 0 Å². The molecule has 0 aliphatic heterocycles. The number of rotatable bonds is 4. The number of nitriles is 1. The Labute approximate surface area is 128 Å². The summed E-state index contributed by atoms with van der Waals surface area (Å²) in [6.07, 6.45) is 0. The van der Waals surface area contributed by atoms with E-state index in [4.69, 9.17) is 4.74 Å². The van der Waals surface area contributed by atoms with E-state index in [2.05, 4.69) is 21.6 Å². The highest BCUT2D eigenvalue weighted by Gasteiger charge is 2.10. The van der Waals surface area contributed by atoms with E-state index in [1.807, 2.05) is 48.5 Å². The van der Waals surface area contributed by atoms with Gasteiger partial charge in [-0.05, 0) is 23.8 Å². The molecule has 0 amide bonds. The van der Waals surface area contributed by atoms with Crippen molar-refractivity contribution >= 4 is 22.3 Å². The summed E-state index contributed by atoms with van der Waals surface area (Å²) in [6, 6.07) is 17.5. The van der Waals surface area contributed by atoms with Crippen LogP contribution in [0.4, 0.5) is 11.4 Å². The van der Waals surface area contributed by atoms with Crippen molar-refractivity contribution in [1.29, 1.82) is 5.26 Å². The third-order valence-electron chi connectivity index (χ3n) is 3.28. The van der Waals surface area contributed by atoms with Gasteiger partial charge in [0.2, 0.25) is 0 Å². The Bertz CT molecular complexity index is 855. The lowest BCUT2D eigenvalue weighted by molar-refractivity contribution is 0.185. The van der Waals surface area contributed by atoms with Crippen molar-refractivity contribution in [2.45, 2.75) is 6.61 Å². The standard InChI is InChI=1S/C17H14N4O/c1-22-11-12-5-4-6-13(9-12)19-17-14-7-2-3-8-15(14)20-21-16(17)10-18/h2-9H,11H2,1H3,(H,19,20). The molecule has 2 aromatic carbocycles. The van der Waals surface area contributed by atoms with E-state index in [0.717, 1.165) is 22.2 Å². The van der Waals surface area contributed by atoms with Crippen LogP contribution in [0.2, 0.25) is 0 Å². The van der Waals surface area contributed by atoms with Crippen molar-refractivity contribution in [3.8, 4) is 6.07 Å². The Morgan fingerprint density at radius 3 is 2.82 bits per heavy atom. The zero-order chi connectivity index (χ0) is 15.4. The number of ether oxygens (including phenoxy) is 1. The summed E-state index contributed by atoms with van der Waals surface area (Å²) in [5.74, 6) is 0. The first kappa shape index (κ1) is 14.0. The molecule has 0 aliphatic carbocycles. The molecule has 0 unspecified atom stereocenters. The van der Waals surface area contributed by atoms with Gasteiger partial charge in [0.05, 0.1) is 17.8 Å². The minimum absolute atomic E-state index is 0.274. The molecule has 0 saturated heterocycles. The zero-order valence-electron chi connectivity index (χ0n) is 12.1. The van der Waals surface area contributed by atoms with Gasteiger partial charge in [-0.25, -0.2) is 0 Å². The molecule has 108 valence electrons. The number of aromatic nitrogens is 2. The Hall–Kier alpha value is -2.97. The zero-order valence-corrected chi connectivity index (χ0v) is 12.1. The third kappa shape index (κ3) is 2.73. The number of fused-ring (bicyclic) bond motifs is 1. The second kappa shape index (κ2) is 6.20. The average molecular weight is 290 g/mol. The third-order valence-corrected chi connectivity index (χ3v) is 3.28. The number of methoxy groups -OCH3 is 1. The smallest absolute Gasteiger partial charge is 0.187 e. The van der Waals surface area contributed by atoms with E-state index >= 15 is 0 Å². The molecule has 0 bridgehead atoms. The maximum Gasteiger partial charge on any atom is 0.187 e. The molecule has 5 nitrogen and oxygen atoms in total. The van der Waals surface area contributed by atoms with E-state index in [9.17, 15) is 5.26 Å². The predicted octanol–water partition coefficient (Wildman–Crippen LogP) is 3.39. The molecule has 1 aromatic heterocycles. The Balaban J connectivity index is 2.06. The molecule has 1 N–H and O–H groups in total. The second-order valence-electron chi connectivity index (χ2n) is 4.81. The lowest BCUT2D eigenvalue weighted by Gasteiger charge is -2.11. The molecule has 0 spiro atoms. The minimum Gasteiger partial charge on any atom is -0.380 e. The van der Waals surface area contributed by atoms with E-state index in [-0.39, 0.29) is 5.69 Å². The molecule has 3 aromatic rings. The monoisotopic (exact) mass is 290 g/mol. The topological polar surface area (TPSA) is 70.8 Å². The normalized spacial score (nSPS) is 10.4. The maximum absolute atomic E-state index is 9.28. The first-order valence-electron chi connectivity index (χ1n) is 6.82. The number of nitrogens with zero attached hydrogens (tertiary/aromatic N) is 3. The number of anilines is 2. The highest BCUT2D eigenvalue weighted by atomic mass is 16.5. The van der Waals surface area contributed by atoms with Gasteiger partial charge in [-0.1, -0.05) is 30.3 Å². The van der Waals surface area contributed by atoms with Crippen LogP contribution in [0.5, 0.6) is 0 Å². The van der Waals surface area contributed by atoms with E-state index in [1.54, 1.807) is 7.11 Å². The van der Waals surface area contributed by atoms with Crippen LogP contribution in [-0.4, -0.2) is 17.3 Å². The highest BCUT2D eigenvalue weighted by molar-refractivity contribution is 5.94. The first-order chi connectivity index (χ1) is 10.8. The Kier molecular flexibility index (Phi) is 3.95. The fraction of sp³-hybridized carbons (Fsp3) is 0.118. The van der Waals surface area contributed by atoms with Gasteiger partial charge in [0.25, 0.3) is 0 Å². The average Bonchev–Trinajstić information content (AvgIpc) is 2.56. The summed E-state index contributed by atoms with van der Waals surface area (Å²) < 4.78 is 5.15.